The van der Waals surface area contributed by atoms with E-state index in [1.165, 1.54) is 11.8 Å². The van der Waals surface area contributed by atoms with E-state index >= 15 is 0 Å². The predicted octanol–water partition coefficient (Wildman–Crippen LogP) is 0.450. The third-order valence-corrected chi connectivity index (χ3v) is 3.50. The summed E-state index contributed by atoms with van der Waals surface area (Å²) < 4.78 is 1.85. The quantitative estimate of drug-likeness (QED) is 0.782. The molecule has 3 rings (SSSR count). The van der Waals surface area contributed by atoms with Crippen molar-refractivity contribution in [1.29, 1.82) is 0 Å². The van der Waals surface area contributed by atoms with Gasteiger partial charge in [0.15, 0.2) is 5.16 Å². The number of hydrogen-bond donors (Lipinski definition) is 1. The highest BCUT2D eigenvalue weighted by molar-refractivity contribution is 7.99. The normalized spacial score (nSPS) is 14.9. The molecular formula is C10H13N7S. The summed E-state index contributed by atoms with van der Waals surface area (Å²) in [5, 5.41) is 13.1. The average Bonchev–Trinajstić information content (AvgIpc) is 3.13. The maximum atomic E-state index is 5.48. The third-order valence-electron chi connectivity index (χ3n) is 2.65. The summed E-state index contributed by atoms with van der Waals surface area (Å²) in [4.78, 5) is 8.56. The summed E-state index contributed by atoms with van der Waals surface area (Å²) in [6.07, 6.45) is 6.69. The van der Waals surface area contributed by atoms with Crippen LogP contribution in [-0.2, 0) is 6.42 Å². The molecule has 7 nitrogen and oxygen atoms in total. The summed E-state index contributed by atoms with van der Waals surface area (Å²) in [5.74, 6) is 0. The number of nitrogens with zero attached hydrogens (tertiary/aromatic N) is 6. The molecule has 1 fully saturated rings. The van der Waals surface area contributed by atoms with Gasteiger partial charge in [0.2, 0.25) is 5.16 Å². The fourth-order valence-corrected chi connectivity index (χ4v) is 2.30. The Balaban J connectivity index is 1.73. The zero-order valence-electron chi connectivity index (χ0n) is 9.73. The lowest BCUT2D eigenvalue weighted by molar-refractivity contribution is 0.565. The molecular weight excluding hydrogens is 250 g/mol. The Morgan fingerprint density at radius 2 is 2.11 bits per heavy atom. The van der Waals surface area contributed by atoms with E-state index < -0.39 is 0 Å². The Hall–Kier alpha value is -1.54. The summed E-state index contributed by atoms with van der Waals surface area (Å²) in [7, 11) is 0. The molecule has 1 aliphatic rings. The van der Waals surface area contributed by atoms with E-state index in [0.717, 1.165) is 30.0 Å². The molecule has 0 atom stereocenters. The van der Waals surface area contributed by atoms with Crippen molar-refractivity contribution in [3.05, 3.63) is 18.0 Å². The van der Waals surface area contributed by atoms with Gasteiger partial charge in [-0.3, -0.25) is 0 Å². The standard InChI is InChI=1S/C10H13N7S/c11-4-3-7-5-12-9(13-6-7)18-10-14-15-16-17(10)8-1-2-8/h5-6,8H,1-4,11H2. The van der Waals surface area contributed by atoms with Gasteiger partial charge in [-0.25, -0.2) is 14.6 Å². The molecule has 94 valence electrons. The third kappa shape index (κ3) is 2.49. The Kier molecular flexibility index (Phi) is 3.20. The smallest absolute Gasteiger partial charge is 0.217 e. The topological polar surface area (TPSA) is 95.4 Å². The molecule has 0 amide bonds. The van der Waals surface area contributed by atoms with Crippen LogP contribution in [0.25, 0.3) is 0 Å². The average molecular weight is 263 g/mol. The first-order chi connectivity index (χ1) is 8.86. The Labute approximate surface area is 108 Å². The lowest BCUT2D eigenvalue weighted by Crippen LogP contribution is -2.04. The second kappa shape index (κ2) is 4.99. The largest absolute Gasteiger partial charge is 0.330 e. The molecule has 0 radical (unpaired) electrons. The van der Waals surface area contributed by atoms with Crippen molar-refractivity contribution in [2.45, 2.75) is 35.6 Å². The fourth-order valence-electron chi connectivity index (χ4n) is 1.57. The molecule has 2 aromatic heterocycles. The predicted molar refractivity (Wildman–Crippen MR) is 65.0 cm³/mol. The minimum atomic E-state index is 0.457. The molecule has 2 N–H and O–H groups in total. The first kappa shape index (κ1) is 11.5. The fraction of sp³-hybridized carbons (Fsp3) is 0.500. The van der Waals surface area contributed by atoms with Crippen LogP contribution in [0, 0.1) is 0 Å². The minimum Gasteiger partial charge on any atom is -0.330 e. The van der Waals surface area contributed by atoms with Crippen molar-refractivity contribution >= 4 is 11.8 Å². The molecule has 18 heavy (non-hydrogen) atoms. The molecule has 1 aliphatic carbocycles. The monoisotopic (exact) mass is 263 g/mol. The summed E-state index contributed by atoms with van der Waals surface area (Å²) in [5.41, 5.74) is 6.52. The molecule has 0 saturated heterocycles. The second-order valence-electron chi connectivity index (χ2n) is 4.15. The Morgan fingerprint density at radius 3 is 2.78 bits per heavy atom. The SMILES string of the molecule is NCCc1cnc(Sc2nnnn2C2CC2)nc1. The van der Waals surface area contributed by atoms with Crippen LogP contribution in [0.1, 0.15) is 24.4 Å². The Bertz CT molecular complexity index is 519. The number of hydrogen-bond acceptors (Lipinski definition) is 7. The lowest BCUT2D eigenvalue weighted by atomic mass is 10.2. The van der Waals surface area contributed by atoms with E-state index in [-0.39, 0.29) is 0 Å². The van der Waals surface area contributed by atoms with Crippen molar-refractivity contribution in [3.8, 4) is 0 Å². The number of rotatable bonds is 5. The highest BCUT2D eigenvalue weighted by Gasteiger charge is 2.28. The molecule has 0 spiro atoms. The number of tetrazole rings is 1. The van der Waals surface area contributed by atoms with Gasteiger partial charge in [0, 0.05) is 12.4 Å². The number of aromatic nitrogens is 6. The molecule has 0 aliphatic heterocycles. The van der Waals surface area contributed by atoms with Crippen molar-refractivity contribution in [1.82, 2.24) is 30.2 Å². The van der Waals surface area contributed by atoms with Crippen molar-refractivity contribution < 1.29 is 0 Å². The van der Waals surface area contributed by atoms with E-state index in [9.17, 15) is 0 Å². The van der Waals surface area contributed by atoms with Gasteiger partial charge >= 0.3 is 0 Å². The molecule has 1 saturated carbocycles. The molecule has 2 aromatic rings. The molecule has 0 unspecified atom stereocenters. The van der Waals surface area contributed by atoms with Gasteiger partial charge in [-0.15, -0.1) is 5.10 Å². The molecule has 0 aromatic carbocycles. The van der Waals surface area contributed by atoms with E-state index in [4.69, 9.17) is 5.73 Å². The maximum absolute atomic E-state index is 5.48. The summed E-state index contributed by atoms with van der Waals surface area (Å²) >= 11 is 1.39. The molecule has 2 heterocycles. The van der Waals surface area contributed by atoms with E-state index in [1.807, 2.05) is 4.68 Å². The van der Waals surface area contributed by atoms with Gasteiger partial charge in [0.05, 0.1) is 6.04 Å². The van der Waals surface area contributed by atoms with Gasteiger partial charge in [-0.1, -0.05) is 0 Å². The van der Waals surface area contributed by atoms with Gasteiger partial charge in [0.1, 0.15) is 0 Å². The van der Waals surface area contributed by atoms with E-state index in [0.29, 0.717) is 17.7 Å². The highest BCUT2D eigenvalue weighted by Crippen LogP contribution is 2.37. The van der Waals surface area contributed by atoms with Gasteiger partial charge < -0.3 is 5.73 Å². The lowest BCUT2D eigenvalue weighted by Gasteiger charge is -2.01. The van der Waals surface area contributed by atoms with E-state index in [2.05, 4.69) is 25.5 Å². The zero-order valence-corrected chi connectivity index (χ0v) is 10.5. The van der Waals surface area contributed by atoms with Gasteiger partial charge in [0.25, 0.3) is 0 Å². The zero-order chi connectivity index (χ0) is 12.4. The van der Waals surface area contributed by atoms with E-state index in [1.54, 1.807) is 12.4 Å². The van der Waals surface area contributed by atoms with Crippen LogP contribution in [-0.4, -0.2) is 36.7 Å². The highest BCUT2D eigenvalue weighted by atomic mass is 32.2. The van der Waals surface area contributed by atoms with Crippen LogP contribution in [0.15, 0.2) is 22.7 Å². The van der Waals surface area contributed by atoms with Gasteiger partial charge in [-0.2, -0.15) is 0 Å². The van der Waals surface area contributed by atoms with Crippen molar-refractivity contribution in [2.75, 3.05) is 6.54 Å². The Morgan fingerprint density at radius 1 is 1.33 bits per heavy atom. The van der Waals surface area contributed by atoms with Crippen LogP contribution < -0.4 is 5.73 Å². The molecule has 8 heteroatoms. The van der Waals surface area contributed by atoms with Crippen LogP contribution in [0.3, 0.4) is 0 Å². The summed E-state index contributed by atoms with van der Waals surface area (Å²) in [6.45, 7) is 0.607. The number of nitrogens with two attached hydrogens (primary N) is 1. The van der Waals surface area contributed by atoms with Crippen molar-refractivity contribution in [2.24, 2.45) is 5.73 Å². The first-order valence-electron chi connectivity index (χ1n) is 5.83. The van der Waals surface area contributed by atoms with Crippen LogP contribution in [0.2, 0.25) is 0 Å². The minimum absolute atomic E-state index is 0.457. The van der Waals surface area contributed by atoms with Crippen LogP contribution in [0.4, 0.5) is 0 Å². The van der Waals surface area contributed by atoms with Crippen LogP contribution in [0.5, 0.6) is 0 Å². The second-order valence-corrected chi connectivity index (χ2v) is 5.09. The molecule has 0 bridgehead atoms. The van der Waals surface area contributed by atoms with Gasteiger partial charge in [-0.05, 0) is 53.6 Å². The maximum Gasteiger partial charge on any atom is 0.217 e. The summed E-state index contributed by atoms with van der Waals surface area (Å²) in [6, 6.07) is 0.457. The van der Waals surface area contributed by atoms with Crippen LogP contribution >= 0.6 is 11.8 Å². The first-order valence-corrected chi connectivity index (χ1v) is 6.65. The van der Waals surface area contributed by atoms with Crippen molar-refractivity contribution in [3.63, 3.8) is 0 Å².